The SMILES string of the molecule is CC1=C(/C=C/OCC2CO2)CCC=C1. The molecule has 14 heavy (non-hydrogen) atoms. The van der Waals surface area contributed by atoms with Crippen LogP contribution in [0.25, 0.3) is 0 Å². The average Bonchev–Trinajstić information content (AvgIpc) is 2.99. The van der Waals surface area contributed by atoms with Gasteiger partial charge in [-0.05, 0) is 37.0 Å². The molecule has 1 atom stereocenters. The third-order valence-corrected chi connectivity index (χ3v) is 2.50. The Labute approximate surface area is 84.9 Å². The minimum Gasteiger partial charge on any atom is -0.498 e. The molecule has 1 saturated heterocycles. The summed E-state index contributed by atoms with van der Waals surface area (Å²) in [6.07, 6.45) is 10.9. The topological polar surface area (TPSA) is 21.8 Å². The predicted octanol–water partition coefficient (Wildman–Crippen LogP) is 2.58. The molecular weight excluding hydrogens is 176 g/mol. The first kappa shape index (κ1) is 9.53. The molecule has 0 aromatic rings. The molecule has 0 radical (unpaired) electrons. The zero-order chi connectivity index (χ0) is 9.80. The van der Waals surface area contributed by atoms with E-state index in [0.717, 1.165) is 19.4 Å². The number of hydrogen-bond donors (Lipinski definition) is 0. The Balaban J connectivity index is 1.79. The van der Waals surface area contributed by atoms with Crippen LogP contribution in [0.5, 0.6) is 0 Å². The molecule has 0 spiro atoms. The summed E-state index contributed by atoms with van der Waals surface area (Å²) < 4.78 is 10.4. The molecular formula is C12H16O2. The smallest absolute Gasteiger partial charge is 0.116 e. The summed E-state index contributed by atoms with van der Waals surface area (Å²) in [5, 5.41) is 0. The summed E-state index contributed by atoms with van der Waals surface area (Å²) in [5.41, 5.74) is 2.72. The Morgan fingerprint density at radius 1 is 1.64 bits per heavy atom. The zero-order valence-electron chi connectivity index (χ0n) is 8.53. The highest BCUT2D eigenvalue weighted by atomic mass is 16.6. The summed E-state index contributed by atoms with van der Waals surface area (Å²) >= 11 is 0. The van der Waals surface area contributed by atoms with Crippen LogP contribution in [0.15, 0.2) is 35.6 Å². The van der Waals surface area contributed by atoms with Gasteiger partial charge in [0.15, 0.2) is 0 Å². The van der Waals surface area contributed by atoms with Gasteiger partial charge in [0, 0.05) is 0 Å². The molecule has 2 rings (SSSR count). The quantitative estimate of drug-likeness (QED) is 0.504. The predicted molar refractivity (Wildman–Crippen MR) is 55.9 cm³/mol. The van der Waals surface area contributed by atoms with Gasteiger partial charge in [-0.2, -0.15) is 0 Å². The van der Waals surface area contributed by atoms with Crippen molar-refractivity contribution in [1.82, 2.24) is 0 Å². The minimum atomic E-state index is 0.348. The van der Waals surface area contributed by atoms with Crippen LogP contribution in [0.4, 0.5) is 0 Å². The van der Waals surface area contributed by atoms with Gasteiger partial charge in [0.25, 0.3) is 0 Å². The van der Waals surface area contributed by atoms with E-state index in [2.05, 4.69) is 25.2 Å². The zero-order valence-corrected chi connectivity index (χ0v) is 8.53. The molecule has 1 aliphatic carbocycles. The lowest BCUT2D eigenvalue weighted by molar-refractivity contribution is 0.212. The van der Waals surface area contributed by atoms with Gasteiger partial charge >= 0.3 is 0 Å². The Morgan fingerprint density at radius 2 is 2.50 bits per heavy atom. The molecule has 0 bridgehead atoms. The van der Waals surface area contributed by atoms with Crippen molar-refractivity contribution in [2.75, 3.05) is 13.2 Å². The monoisotopic (exact) mass is 192 g/mol. The fourth-order valence-electron chi connectivity index (χ4n) is 1.48. The van der Waals surface area contributed by atoms with Crippen molar-refractivity contribution in [3.63, 3.8) is 0 Å². The van der Waals surface area contributed by atoms with Crippen molar-refractivity contribution in [3.05, 3.63) is 35.6 Å². The van der Waals surface area contributed by atoms with Gasteiger partial charge in [0.05, 0.1) is 12.9 Å². The molecule has 0 aromatic heterocycles. The molecule has 2 nitrogen and oxygen atoms in total. The van der Waals surface area contributed by atoms with Crippen LogP contribution in [-0.2, 0) is 9.47 Å². The highest BCUT2D eigenvalue weighted by molar-refractivity contribution is 5.34. The van der Waals surface area contributed by atoms with Crippen LogP contribution in [0.2, 0.25) is 0 Å². The van der Waals surface area contributed by atoms with Crippen LogP contribution in [-0.4, -0.2) is 19.3 Å². The summed E-state index contributed by atoms with van der Waals surface area (Å²) in [6, 6.07) is 0. The highest BCUT2D eigenvalue weighted by Gasteiger charge is 2.22. The molecule has 0 aromatic carbocycles. The van der Waals surface area contributed by atoms with E-state index >= 15 is 0 Å². The first-order valence-corrected chi connectivity index (χ1v) is 5.12. The molecule has 0 saturated carbocycles. The van der Waals surface area contributed by atoms with Crippen molar-refractivity contribution < 1.29 is 9.47 Å². The van der Waals surface area contributed by atoms with Gasteiger partial charge in [0.2, 0.25) is 0 Å². The third-order valence-electron chi connectivity index (χ3n) is 2.50. The number of hydrogen-bond acceptors (Lipinski definition) is 2. The van der Waals surface area contributed by atoms with Crippen LogP contribution >= 0.6 is 0 Å². The summed E-state index contributed by atoms with van der Waals surface area (Å²) in [5.74, 6) is 0. The third kappa shape index (κ3) is 2.74. The van der Waals surface area contributed by atoms with E-state index in [1.807, 2.05) is 0 Å². The Bertz CT molecular complexity index is 283. The fraction of sp³-hybridized carbons (Fsp3) is 0.500. The van der Waals surface area contributed by atoms with Crippen molar-refractivity contribution in [1.29, 1.82) is 0 Å². The molecule has 2 heteroatoms. The number of ether oxygens (including phenoxy) is 2. The molecule has 1 unspecified atom stereocenters. The summed E-state index contributed by atoms with van der Waals surface area (Å²) in [7, 11) is 0. The maximum atomic E-state index is 5.34. The van der Waals surface area contributed by atoms with E-state index in [0.29, 0.717) is 12.7 Å². The molecule has 76 valence electrons. The first-order valence-electron chi connectivity index (χ1n) is 5.12. The molecule has 0 amide bonds. The van der Waals surface area contributed by atoms with Crippen LogP contribution in [0, 0.1) is 0 Å². The lowest BCUT2D eigenvalue weighted by Gasteiger charge is -2.08. The van der Waals surface area contributed by atoms with Gasteiger partial charge in [-0.25, -0.2) is 0 Å². The second kappa shape index (κ2) is 4.47. The Morgan fingerprint density at radius 3 is 3.21 bits per heavy atom. The van der Waals surface area contributed by atoms with E-state index in [-0.39, 0.29) is 0 Å². The van der Waals surface area contributed by atoms with Gasteiger partial charge in [-0.1, -0.05) is 12.2 Å². The molecule has 2 aliphatic rings. The lowest BCUT2D eigenvalue weighted by atomic mass is 9.99. The van der Waals surface area contributed by atoms with E-state index in [4.69, 9.17) is 9.47 Å². The van der Waals surface area contributed by atoms with Crippen molar-refractivity contribution in [2.24, 2.45) is 0 Å². The van der Waals surface area contributed by atoms with Gasteiger partial charge in [-0.3, -0.25) is 0 Å². The van der Waals surface area contributed by atoms with E-state index in [1.165, 1.54) is 11.1 Å². The van der Waals surface area contributed by atoms with Gasteiger partial charge in [-0.15, -0.1) is 0 Å². The second-order valence-corrected chi connectivity index (χ2v) is 3.74. The molecule has 1 fully saturated rings. The standard InChI is InChI=1S/C12H16O2/c1-10-4-2-3-5-11(10)6-7-13-8-12-9-14-12/h2,4,6-7,12H,3,5,8-9H2,1H3/b7-6+. The molecule has 0 N–H and O–H groups in total. The van der Waals surface area contributed by atoms with Crippen molar-refractivity contribution in [2.45, 2.75) is 25.9 Å². The Kier molecular flexibility index (Phi) is 3.04. The van der Waals surface area contributed by atoms with E-state index in [9.17, 15) is 0 Å². The van der Waals surface area contributed by atoms with E-state index < -0.39 is 0 Å². The fourth-order valence-corrected chi connectivity index (χ4v) is 1.48. The highest BCUT2D eigenvalue weighted by Crippen LogP contribution is 2.19. The van der Waals surface area contributed by atoms with Crippen molar-refractivity contribution in [3.8, 4) is 0 Å². The number of rotatable bonds is 4. The van der Waals surface area contributed by atoms with E-state index in [1.54, 1.807) is 6.26 Å². The second-order valence-electron chi connectivity index (χ2n) is 3.74. The molecule has 1 heterocycles. The van der Waals surface area contributed by atoms with Crippen molar-refractivity contribution >= 4 is 0 Å². The lowest BCUT2D eigenvalue weighted by Crippen LogP contribution is -1.96. The van der Waals surface area contributed by atoms with Crippen LogP contribution in [0.3, 0.4) is 0 Å². The minimum absolute atomic E-state index is 0.348. The average molecular weight is 192 g/mol. The van der Waals surface area contributed by atoms with Crippen LogP contribution < -0.4 is 0 Å². The van der Waals surface area contributed by atoms with Gasteiger partial charge < -0.3 is 9.47 Å². The largest absolute Gasteiger partial charge is 0.498 e. The maximum Gasteiger partial charge on any atom is 0.116 e. The van der Waals surface area contributed by atoms with Crippen LogP contribution in [0.1, 0.15) is 19.8 Å². The van der Waals surface area contributed by atoms with Gasteiger partial charge in [0.1, 0.15) is 12.7 Å². The summed E-state index contributed by atoms with van der Waals surface area (Å²) in [6.45, 7) is 3.69. The normalized spacial score (nSPS) is 25.9. The molecule has 1 aliphatic heterocycles. The maximum absolute atomic E-state index is 5.34. The Hall–Kier alpha value is -1.02. The number of allylic oxidation sites excluding steroid dienone is 5. The number of epoxide rings is 1. The first-order chi connectivity index (χ1) is 6.86. The summed E-state index contributed by atoms with van der Waals surface area (Å²) in [4.78, 5) is 0.